The summed E-state index contributed by atoms with van der Waals surface area (Å²) in [6.07, 6.45) is 1.63. The van der Waals surface area contributed by atoms with E-state index in [4.69, 9.17) is 4.74 Å². The van der Waals surface area contributed by atoms with E-state index in [2.05, 4.69) is 5.32 Å². The van der Waals surface area contributed by atoms with Crippen LogP contribution in [0.4, 0.5) is 4.39 Å². The maximum Gasteiger partial charge on any atom is 0.338 e. The standard InChI is InChI=1S/C19H20FNO5S/c1-27(24,25)13-15-3-2-4-16(11-15)19(23)26-12-18(22)21-10-9-14-5-7-17(20)8-6-14/h2-8,11H,9-10,12-13H2,1H3,(H,21,22). The van der Waals surface area contributed by atoms with E-state index in [1.54, 1.807) is 24.3 Å². The van der Waals surface area contributed by atoms with E-state index in [9.17, 15) is 22.4 Å². The molecule has 2 aromatic rings. The fourth-order valence-corrected chi connectivity index (χ4v) is 3.14. The van der Waals surface area contributed by atoms with E-state index < -0.39 is 28.3 Å². The molecule has 0 saturated carbocycles. The number of benzene rings is 2. The summed E-state index contributed by atoms with van der Waals surface area (Å²) in [6.45, 7) is -0.121. The van der Waals surface area contributed by atoms with Crippen LogP contribution in [-0.4, -0.2) is 39.7 Å². The highest BCUT2D eigenvalue weighted by Gasteiger charge is 2.12. The monoisotopic (exact) mass is 393 g/mol. The predicted molar refractivity (Wildman–Crippen MR) is 98.4 cm³/mol. The van der Waals surface area contributed by atoms with E-state index in [0.29, 0.717) is 18.5 Å². The Bertz CT molecular complexity index is 910. The zero-order valence-electron chi connectivity index (χ0n) is 14.8. The topological polar surface area (TPSA) is 89.5 Å². The first-order valence-corrected chi connectivity index (χ1v) is 10.2. The molecule has 0 aliphatic heterocycles. The van der Waals surface area contributed by atoms with Crippen molar-refractivity contribution in [1.29, 1.82) is 0 Å². The van der Waals surface area contributed by atoms with Crippen LogP contribution in [0.2, 0.25) is 0 Å². The number of nitrogens with one attached hydrogen (secondary N) is 1. The van der Waals surface area contributed by atoms with Crippen molar-refractivity contribution in [3.8, 4) is 0 Å². The van der Waals surface area contributed by atoms with Crippen molar-refractivity contribution in [3.05, 3.63) is 71.0 Å². The molecule has 0 radical (unpaired) electrons. The summed E-state index contributed by atoms with van der Waals surface area (Å²) in [5, 5.41) is 2.61. The molecule has 1 N–H and O–H groups in total. The van der Waals surface area contributed by atoms with Gasteiger partial charge in [0.15, 0.2) is 16.4 Å². The molecular weight excluding hydrogens is 373 g/mol. The molecule has 0 spiro atoms. The molecule has 0 aliphatic carbocycles. The van der Waals surface area contributed by atoms with Gasteiger partial charge in [0.1, 0.15) is 5.82 Å². The lowest BCUT2D eigenvalue weighted by molar-refractivity contribution is -0.124. The largest absolute Gasteiger partial charge is 0.452 e. The highest BCUT2D eigenvalue weighted by molar-refractivity contribution is 7.89. The highest BCUT2D eigenvalue weighted by atomic mass is 32.2. The van der Waals surface area contributed by atoms with Gasteiger partial charge in [-0.3, -0.25) is 4.79 Å². The predicted octanol–water partition coefficient (Wildman–Crippen LogP) is 1.89. The SMILES string of the molecule is CS(=O)(=O)Cc1cccc(C(=O)OCC(=O)NCCc2ccc(F)cc2)c1. The van der Waals surface area contributed by atoms with Crippen molar-refractivity contribution < 1.29 is 27.1 Å². The summed E-state index contributed by atoms with van der Waals surface area (Å²) in [5.74, 6) is -1.68. The van der Waals surface area contributed by atoms with E-state index in [-0.39, 0.29) is 17.1 Å². The normalized spacial score (nSPS) is 11.0. The van der Waals surface area contributed by atoms with Crippen LogP contribution in [0.3, 0.4) is 0 Å². The van der Waals surface area contributed by atoms with E-state index in [0.717, 1.165) is 11.8 Å². The van der Waals surface area contributed by atoms with Gasteiger partial charge >= 0.3 is 5.97 Å². The number of halogens is 1. The first-order chi connectivity index (χ1) is 12.7. The molecule has 144 valence electrons. The zero-order chi connectivity index (χ0) is 19.9. The van der Waals surface area contributed by atoms with Crippen LogP contribution in [0.15, 0.2) is 48.5 Å². The van der Waals surface area contributed by atoms with Crippen LogP contribution in [0.25, 0.3) is 0 Å². The van der Waals surface area contributed by atoms with Gasteiger partial charge in [-0.25, -0.2) is 17.6 Å². The number of hydrogen-bond donors (Lipinski definition) is 1. The summed E-state index contributed by atoms with van der Waals surface area (Å²) in [4.78, 5) is 23.8. The lowest BCUT2D eigenvalue weighted by atomic mass is 10.1. The molecule has 0 atom stereocenters. The van der Waals surface area contributed by atoms with Gasteiger partial charge in [-0.2, -0.15) is 0 Å². The number of rotatable bonds is 8. The van der Waals surface area contributed by atoms with Gasteiger partial charge in [0.05, 0.1) is 11.3 Å². The molecule has 0 aliphatic rings. The van der Waals surface area contributed by atoms with Gasteiger partial charge in [0, 0.05) is 12.8 Å². The maximum absolute atomic E-state index is 12.8. The fraction of sp³-hybridized carbons (Fsp3) is 0.263. The molecule has 0 aromatic heterocycles. The Morgan fingerprint density at radius 1 is 1.07 bits per heavy atom. The average Bonchev–Trinajstić information content (AvgIpc) is 2.60. The van der Waals surface area contributed by atoms with Gasteiger partial charge in [-0.05, 0) is 41.8 Å². The molecule has 0 bridgehead atoms. The third-order valence-electron chi connectivity index (χ3n) is 3.57. The minimum Gasteiger partial charge on any atom is -0.452 e. The first-order valence-electron chi connectivity index (χ1n) is 8.18. The van der Waals surface area contributed by atoms with Crippen molar-refractivity contribution in [1.82, 2.24) is 5.32 Å². The van der Waals surface area contributed by atoms with Gasteiger partial charge in [-0.1, -0.05) is 24.3 Å². The minimum absolute atomic E-state index is 0.176. The van der Waals surface area contributed by atoms with Crippen LogP contribution >= 0.6 is 0 Å². The van der Waals surface area contributed by atoms with Crippen molar-refractivity contribution in [2.75, 3.05) is 19.4 Å². The summed E-state index contributed by atoms with van der Waals surface area (Å²) < 4.78 is 40.4. The van der Waals surface area contributed by atoms with Crippen LogP contribution in [0, 0.1) is 5.82 Å². The molecule has 2 aromatic carbocycles. The van der Waals surface area contributed by atoms with Crippen LogP contribution in [0.1, 0.15) is 21.5 Å². The fourth-order valence-electron chi connectivity index (χ4n) is 2.35. The number of sulfone groups is 1. The molecule has 0 fully saturated rings. The molecular formula is C19H20FNO5S. The Morgan fingerprint density at radius 2 is 1.78 bits per heavy atom. The first kappa shape index (κ1) is 20.6. The summed E-state index contributed by atoms with van der Waals surface area (Å²) >= 11 is 0. The third kappa shape index (κ3) is 7.57. The average molecular weight is 393 g/mol. The quantitative estimate of drug-likeness (QED) is 0.692. The lowest BCUT2D eigenvalue weighted by Gasteiger charge is -2.08. The Morgan fingerprint density at radius 3 is 2.44 bits per heavy atom. The molecule has 8 heteroatoms. The summed E-state index contributed by atoms with van der Waals surface area (Å²) in [5.41, 5.74) is 1.52. The Kier molecular flexibility index (Phi) is 7.06. The van der Waals surface area contributed by atoms with E-state index >= 15 is 0 Å². The van der Waals surface area contributed by atoms with Crippen molar-refractivity contribution in [2.45, 2.75) is 12.2 Å². The van der Waals surface area contributed by atoms with Crippen molar-refractivity contribution in [3.63, 3.8) is 0 Å². The van der Waals surface area contributed by atoms with Crippen molar-refractivity contribution in [2.24, 2.45) is 0 Å². The van der Waals surface area contributed by atoms with Gasteiger partial charge in [0.2, 0.25) is 0 Å². The zero-order valence-corrected chi connectivity index (χ0v) is 15.6. The third-order valence-corrected chi connectivity index (χ3v) is 4.43. The van der Waals surface area contributed by atoms with Crippen LogP contribution < -0.4 is 5.32 Å². The summed E-state index contributed by atoms with van der Waals surface area (Å²) in [6, 6.07) is 12.0. The Labute approximate surface area is 157 Å². The van der Waals surface area contributed by atoms with Gasteiger partial charge < -0.3 is 10.1 Å². The number of carbonyl (C=O) groups is 2. The number of carbonyl (C=O) groups excluding carboxylic acids is 2. The number of esters is 1. The second-order valence-corrected chi connectivity index (χ2v) is 8.21. The molecule has 1 amide bonds. The minimum atomic E-state index is -3.22. The molecule has 0 saturated heterocycles. The molecule has 27 heavy (non-hydrogen) atoms. The number of hydrogen-bond acceptors (Lipinski definition) is 5. The second kappa shape index (κ2) is 9.27. The van der Waals surface area contributed by atoms with Gasteiger partial charge in [-0.15, -0.1) is 0 Å². The van der Waals surface area contributed by atoms with Crippen LogP contribution in [-0.2, 0) is 31.5 Å². The van der Waals surface area contributed by atoms with E-state index in [1.807, 2.05) is 0 Å². The van der Waals surface area contributed by atoms with Crippen LogP contribution in [0.5, 0.6) is 0 Å². The van der Waals surface area contributed by atoms with Gasteiger partial charge in [0.25, 0.3) is 5.91 Å². The number of amides is 1. The second-order valence-electron chi connectivity index (χ2n) is 6.07. The molecule has 0 unspecified atom stereocenters. The lowest BCUT2D eigenvalue weighted by Crippen LogP contribution is -2.30. The Hall–Kier alpha value is -2.74. The van der Waals surface area contributed by atoms with Crippen molar-refractivity contribution >= 4 is 21.7 Å². The van der Waals surface area contributed by atoms with E-state index in [1.165, 1.54) is 24.3 Å². The smallest absolute Gasteiger partial charge is 0.338 e. The molecule has 0 heterocycles. The Balaban J connectivity index is 1.78. The molecule has 6 nitrogen and oxygen atoms in total. The number of ether oxygens (including phenoxy) is 1. The highest BCUT2D eigenvalue weighted by Crippen LogP contribution is 2.10. The molecule has 2 rings (SSSR count). The summed E-state index contributed by atoms with van der Waals surface area (Å²) in [7, 11) is -3.22. The maximum atomic E-state index is 12.8.